The number of halogens is 1. The largest absolute Gasteiger partial charge is 0.457 e. The monoisotopic (exact) mass is 488 g/mol. The number of nitrogens with zero attached hydrogens (tertiary/aromatic N) is 1. The molecule has 0 aliphatic carbocycles. The molecule has 3 aromatic carbocycles. The molecule has 36 heavy (non-hydrogen) atoms. The lowest BCUT2D eigenvalue weighted by Gasteiger charge is -2.38. The summed E-state index contributed by atoms with van der Waals surface area (Å²) in [5, 5.41) is 0. The number of hydrogen-bond donors (Lipinski definition) is 1. The van der Waals surface area contributed by atoms with Gasteiger partial charge in [-0.05, 0) is 71.2 Å². The molecule has 2 N–H and O–H groups in total. The van der Waals surface area contributed by atoms with E-state index in [1.165, 1.54) is 17.7 Å². The first-order valence-electron chi connectivity index (χ1n) is 12.3. The predicted octanol–water partition coefficient (Wildman–Crippen LogP) is 5.77. The number of primary amides is 1. The summed E-state index contributed by atoms with van der Waals surface area (Å²) < 4.78 is 19.3. The lowest BCUT2D eigenvalue weighted by atomic mass is 9.87. The van der Waals surface area contributed by atoms with Crippen LogP contribution in [0.2, 0.25) is 0 Å². The summed E-state index contributed by atoms with van der Waals surface area (Å²) in [7, 11) is 0. The Bertz CT molecular complexity index is 1260. The highest BCUT2D eigenvalue weighted by molar-refractivity contribution is 5.99. The molecule has 0 spiro atoms. The second-order valence-electron chi connectivity index (χ2n) is 10.5. The van der Waals surface area contributed by atoms with Gasteiger partial charge in [0.2, 0.25) is 5.91 Å². The van der Waals surface area contributed by atoms with E-state index in [1.807, 2.05) is 30.0 Å². The van der Waals surface area contributed by atoms with Gasteiger partial charge in [0, 0.05) is 6.54 Å². The van der Waals surface area contributed by atoms with Crippen LogP contribution in [-0.4, -0.2) is 18.4 Å². The maximum atomic E-state index is 13.6. The average Bonchev–Trinajstić information content (AvgIpc) is 2.83. The van der Waals surface area contributed by atoms with Crippen molar-refractivity contribution in [2.45, 2.75) is 58.6 Å². The van der Waals surface area contributed by atoms with Crippen LogP contribution in [0.1, 0.15) is 71.4 Å². The van der Waals surface area contributed by atoms with Gasteiger partial charge in [0.1, 0.15) is 18.5 Å². The maximum Gasteiger partial charge on any atom is 0.340 e. The molecule has 0 saturated carbocycles. The van der Waals surface area contributed by atoms with E-state index in [1.54, 1.807) is 18.2 Å². The number of nitrogens with two attached hydrogens (primary N) is 1. The number of fused-ring (bicyclic) bond motifs is 1. The second-order valence-corrected chi connectivity index (χ2v) is 10.5. The Morgan fingerprint density at radius 2 is 1.72 bits per heavy atom. The predicted molar refractivity (Wildman–Crippen MR) is 139 cm³/mol. The summed E-state index contributed by atoms with van der Waals surface area (Å²) in [6.07, 6.45) is 1.58. The van der Waals surface area contributed by atoms with Crippen LogP contribution in [0.25, 0.3) is 0 Å². The molecule has 1 amide bonds. The molecule has 0 bridgehead atoms. The summed E-state index contributed by atoms with van der Waals surface area (Å²) in [6, 6.07) is 16.8. The van der Waals surface area contributed by atoms with E-state index in [-0.39, 0.29) is 12.0 Å². The normalized spacial score (nSPS) is 14.2. The lowest BCUT2D eigenvalue weighted by molar-refractivity contribution is -0.119. The topological polar surface area (TPSA) is 72.6 Å². The first-order valence-corrected chi connectivity index (χ1v) is 12.3. The number of anilines is 1. The SMILES string of the molecule is Cc1cc2c(c(C(=O)OCc3ccc(C(C)(C)C)cc3)c1)N(C(C(N)=O)c1ccc(F)cc1)CCC2. The summed E-state index contributed by atoms with van der Waals surface area (Å²) in [5.41, 5.74) is 11.5. The Kier molecular flexibility index (Phi) is 7.16. The molecule has 1 atom stereocenters. The first-order chi connectivity index (χ1) is 17.0. The van der Waals surface area contributed by atoms with Gasteiger partial charge in [-0.3, -0.25) is 4.79 Å². The standard InChI is InChI=1S/C30H33FN2O3/c1-19-16-22-6-5-15-33(27(28(32)34)21-9-13-24(31)14-10-21)26(22)25(17-19)29(35)36-18-20-7-11-23(12-8-20)30(2,3)4/h7-14,16-17,27H,5-6,15,18H2,1-4H3,(H2,32,34). The molecule has 1 heterocycles. The molecular formula is C30H33FN2O3. The fourth-order valence-corrected chi connectivity index (χ4v) is 4.82. The lowest BCUT2D eigenvalue weighted by Crippen LogP contribution is -2.41. The van der Waals surface area contributed by atoms with Gasteiger partial charge in [-0.25, -0.2) is 9.18 Å². The third-order valence-corrected chi connectivity index (χ3v) is 6.64. The van der Waals surface area contributed by atoms with Crippen molar-refractivity contribution in [2.75, 3.05) is 11.4 Å². The summed E-state index contributed by atoms with van der Waals surface area (Å²) in [6.45, 7) is 9.07. The smallest absolute Gasteiger partial charge is 0.340 e. The van der Waals surface area contributed by atoms with Crippen molar-refractivity contribution >= 4 is 17.6 Å². The number of carbonyl (C=O) groups is 2. The highest BCUT2D eigenvalue weighted by atomic mass is 19.1. The van der Waals surface area contributed by atoms with E-state index in [9.17, 15) is 14.0 Å². The van der Waals surface area contributed by atoms with Crippen LogP contribution in [0.4, 0.5) is 10.1 Å². The molecule has 5 nitrogen and oxygen atoms in total. The minimum atomic E-state index is -0.830. The fraction of sp³-hybridized carbons (Fsp3) is 0.333. The van der Waals surface area contributed by atoms with Gasteiger partial charge in [-0.2, -0.15) is 0 Å². The van der Waals surface area contributed by atoms with Crippen molar-refractivity contribution in [1.82, 2.24) is 0 Å². The summed E-state index contributed by atoms with van der Waals surface area (Å²) in [4.78, 5) is 27.9. The Morgan fingerprint density at radius 1 is 1.06 bits per heavy atom. The number of hydrogen-bond acceptors (Lipinski definition) is 4. The van der Waals surface area contributed by atoms with E-state index in [0.29, 0.717) is 23.4 Å². The minimum absolute atomic E-state index is 0.0424. The Morgan fingerprint density at radius 3 is 2.33 bits per heavy atom. The molecular weight excluding hydrogens is 455 g/mol. The molecule has 0 saturated heterocycles. The maximum absolute atomic E-state index is 13.6. The average molecular weight is 489 g/mol. The van der Waals surface area contributed by atoms with Crippen LogP contribution in [-0.2, 0) is 28.0 Å². The van der Waals surface area contributed by atoms with E-state index in [0.717, 1.165) is 29.5 Å². The number of amides is 1. The molecule has 3 aromatic rings. The van der Waals surface area contributed by atoms with E-state index < -0.39 is 23.7 Å². The molecule has 4 rings (SSSR count). The quantitative estimate of drug-likeness (QED) is 0.447. The zero-order valence-corrected chi connectivity index (χ0v) is 21.3. The van der Waals surface area contributed by atoms with Crippen LogP contribution in [0, 0.1) is 12.7 Å². The molecule has 0 aromatic heterocycles. The zero-order chi connectivity index (χ0) is 26.0. The molecule has 0 radical (unpaired) electrons. The molecule has 1 aliphatic rings. The highest BCUT2D eigenvalue weighted by Gasteiger charge is 2.33. The van der Waals surface area contributed by atoms with Gasteiger partial charge in [-0.15, -0.1) is 0 Å². The number of rotatable bonds is 6. The Balaban J connectivity index is 1.65. The van der Waals surface area contributed by atoms with Crippen LogP contribution in [0.3, 0.4) is 0 Å². The first kappa shape index (κ1) is 25.4. The number of esters is 1. The van der Waals surface area contributed by atoms with Gasteiger partial charge in [0.05, 0.1) is 11.3 Å². The third kappa shape index (κ3) is 5.43. The van der Waals surface area contributed by atoms with Crippen LogP contribution in [0.5, 0.6) is 0 Å². The van der Waals surface area contributed by atoms with Gasteiger partial charge in [-0.1, -0.05) is 63.2 Å². The van der Waals surface area contributed by atoms with Crippen molar-refractivity contribution in [1.29, 1.82) is 0 Å². The van der Waals surface area contributed by atoms with Gasteiger partial charge in [0.25, 0.3) is 0 Å². The van der Waals surface area contributed by atoms with E-state index >= 15 is 0 Å². The highest BCUT2D eigenvalue weighted by Crippen LogP contribution is 2.38. The second kappa shape index (κ2) is 10.1. The molecule has 1 unspecified atom stereocenters. The third-order valence-electron chi connectivity index (χ3n) is 6.64. The van der Waals surface area contributed by atoms with E-state index in [2.05, 4.69) is 32.9 Å². The van der Waals surface area contributed by atoms with Crippen molar-refractivity contribution in [3.63, 3.8) is 0 Å². The molecule has 6 heteroatoms. The van der Waals surface area contributed by atoms with Crippen molar-refractivity contribution < 1.29 is 18.7 Å². The van der Waals surface area contributed by atoms with Crippen molar-refractivity contribution in [3.05, 3.63) is 99.9 Å². The summed E-state index contributed by atoms with van der Waals surface area (Å²) in [5.74, 6) is -1.41. The molecule has 1 aliphatic heterocycles. The van der Waals surface area contributed by atoms with Crippen molar-refractivity contribution in [2.24, 2.45) is 5.73 Å². The number of carbonyl (C=O) groups excluding carboxylic acids is 2. The fourth-order valence-electron chi connectivity index (χ4n) is 4.82. The van der Waals surface area contributed by atoms with Crippen LogP contribution >= 0.6 is 0 Å². The Hall–Kier alpha value is -3.67. The van der Waals surface area contributed by atoms with Crippen molar-refractivity contribution in [3.8, 4) is 0 Å². The van der Waals surface area contributed by atoms with E-state index in [4.69, 9.17) is 10.5 Å². The number of ether oxygens (including phenoxy) is 1. The Labute approximate surface area is 212 Å². The number of aryl methyl sites for hydroxylation is 2. The van der Waals surface area contributed by atoms with Gasteiger partial charge in [0.15, 0.2) is 0 Å². The molecule has 188 valence electrons. The number of benzene rings is 3. The van der Waals surface area contributed by atoms with Crippen LogP contribution in [0.15, 0.2) is 60.7 Å². The minimum Gasteiger partial charge on any atom is -0.457 e. The zero-order valence-electron chi connectivity index (χ0n) is 21.3. The van der Waals surface area contributed by atoms with Gasteiger partial charge < -0.3 is 15.4 Å². The summed E-state index contributed by atoms with van der Waals surface area (Å²) >= 11 is 0. The molecule has 0 fully saturated rings. The van der Waals surface area contributed by atoms with Gasteiger partial charge >= 0.3 is 5.97 Å². The van der Waals surface area contributed by atoms with Crippen LogP contribution < -0.4 is 10.6 Å².